The zero-order valence-corrected chi connectivity index (χ0v) is 14.3. The topological polar surface area (TPSA) is 38.8 Å². The first-order valence-electron chi connectivity index (χ1n) is 9.12. The van der Waals surface area contributed by atoms with Gasteiger partial charge in [-0.3, -0.25) is 9.69 Å². The van der Waals surface area contributed by atoms with Crippen molar-refractivity contribution in [3.05, 3.63) is 0 Å². The number of piperazine rings is 1. The SMILES string of the molecule is CN(CCCCCCN1CCN(C=O)CC1)C1CCNCC1. The van der Waals surface area contributed by atoms with Gasteiger partial charge in [0.1, 0.15) is 0 Å². The number of rotatable bonds is 9. The quantitative estimate of drug-likeness (QED) is 0.509. The second-order valence-corrected chi connectivity index (χ2v) is 6.86. The Hall–Kier alpha value is -0.650. The number of piperidine rings is 1. The Morgan fingerprint density at radius 1 is 1.05 bits per heavy atom. The molecule has 0 radical (unpaired) electrons. The maximum absolute atomic E-state index is 10.7. The van der Waals surface area contributed by atoms with Crippen molar-refractivity contribution in [1.29, 1.82) is 0 Å². The minimum absolute atomic E-state index is 0.801. The number of carbonyl (C=O) groups excluding carboxylic acids is 1. The smallest absolute Gasteiger partial charge is 0.209 e. The van der Waals surface area contributed by atoms with Crippen LogP contribution in [0.2, 0.25) is 0 Å². The molecule has 0 aromatic heterocycles. The second-order valence-electron chi connectivity index (χ2n) is 6.86. The van der Waals surface area contributed by atoms with E-state index in [1.54, 1.807) is 0 Å². The van der Waals surface area contributed by atoms with E-state index in [1.165, 1.54) is 64.7 Å². The maximum Gasteiger partial charge on any atom is 0.209 e. The zero-order valence-electron chi connectivity index (χ0n) is 14.3. The Balaban J connectivity index is 1.43. The van der Waals surface area contributed by atoms with E-state index < -0.39 is 0 Å². The summed E-state index contributed by atoms with van der Waals surface area (Å²) in [5.74, 6) is 0. The number of nitrogens with one attached hydrogen (secondary N) is 1. The van der Waals surface area contributed by atoms with Crippen LogP contribution in [-0.2, 0) is 4.79 Å². The number of nitrogens with zero attached hydrogens (tertiary/aromatic N) is 3. The lowest BCUT2D eigenvalue weighted by Gasteiger charge is -2.32. The van der Waals surface area contributed by atoms with Crippen LogP contribution in [0, 0.1) is 0 Å². The Morgan fingerprint density at radius 3 is 2.41 bits per heavy atom. The van der Waals surface area contributed by atoms with Crippen molar-refractivity contribution < 1.29 is 4.79 Å². The molecular formula is C17H34N4O. The first-order valence-corrected chi connectivity index (χ1v) is 9.12. The van der Waals surface area contributed by atoms with E-state index in [9.17, 15) is 4.79 Å². The molecule has 1 amide bonds. The molecule has 0 aliphatic carbocycles. The molecule has 2 fully saturated rings. The summed E-state index contributed by atoms with van der Waals surface area (Å²) in [6, 6.07) is 0.801. The third-order valence-electron chi connectivity index (χ3n) is 5.22. The first kappa shape index (κ1) is 17.7. The molecule has 1 N–H and O–H groups in total. The van der Waals surface area contributed by atoms with Gasteiger partial charge in [-0.05, 0) is 58.9 Å². The van der Waals surface area contributed by atoms with Crippen LogP contribution in [0.3, 0.4) is 0 Å². The van der Waals surface area contributed by atoms with Gasteiger partial charge in [0.15, 0.2) is 0 Å². The van der Waals surface area contributed by atoms with Crippen molar-refractivity contribution in [2.24, 2.45) is 0 Å². The van der Waals surface area contributed by atoms with E-state index in [0.29, 0.717) is 0 Å². The van der Waals surface area contributed by atoms with Crippen LogP contribution in [0.25, 0.3) is 0 Å². The summed E-state index contributed by atoms with van der Waals surface area (Å²) >= 11 is 0. The van der Waals surface area contributed by atoms with Crippen molar-refractivity contribution in [2.45, 2.75) is 44.6 Å². The summed E-state index contributed by atoms with van der Waals surface area (Å²) in [6.45, 7) is 8.75. The normalized spacial score (nSPS) is 21.5. The Morgan fingerprint density at radius 2 is 1.73 bits per heavy atom. The molecule has 128 valence electrons. The fourth-order valence-corrected chi connectivity index (χ4v) is 3.57. The Kier molecular flexibility index (Phi) is 8.20. The van der Waals surface area contributed by atoms with E-state index in [0.717, 1.165) is 38.6 Å². The molecule has 5 heteroatoms. The van der Waals surface area contributed by atoms with Gasteiger partial charge in [0, 0.05) is 32.2 Å². The van der Waals surface area contributed by atoms with E-state index in [4.69, 9.17) is 0 Å². The van der Waals surface area contributed by atoms with Gasteiger partial charge in [0.2, 0.25) is 6.41 Å². The summed E-state index contributed by atoms with van der Waals surface area (Å²) in [5.41, 5.74) is 0. The van der Waals surface area contributed by atoms with Gasteiger partial charge >= 0.3 is 0 Å². The highest BCUT2D eigenvalue weighted by Crippen LogP contribution is 2.11. The highest BCUT2D eigenvalue weighted by Gasteiger charge is 2.17. The Bertz CT molecular complexity index is 299. The highest BCUT2D eigenvalue weighted by atomic mass is 16.1. The maximum atomic E-state index is 10.7. The molecule has 2 rings (SSSR count). The first-order chi connectivity index (χ1) is 10.8. The van der Waals surface area contributed by atoms with Crippen molar-refractivity contribution in [1.82, 2.24) is 20.0 Å². The molecule has 5 nitrogen and oxygen atoms in total. The molecule has 2 aliphatic heterocycles. The number of hydrogen-bond donors (Lipinski definition) is 1. The summed E-state index contributed by atoms with van der Waals surface area (Å²) in [4.78, 5) is 17.6. The third-order valence-corrected chi connectivity index (χ3v) is 5.22. The second kappa shape index (κ2) is 10.2. The van der Waals surface area contributed by atoms with Crippen LogP contribution < -0.4 is 5.32 Å². The van der Waals surface area contributed by atoms with Crippen molar-refractivity contribution in [2.75, 3.05) is 59.4 Å². The molecule has 2 aliphatic rings. The molecule has 0 aromatic carbocycles. The molecule has 0 atom stereocenters. The number of hydrogen-bond acceptors (Lipinski definition) is 4. The van der Waals surface area contributed by atoms with E-state index in [-0.39, 0.29) is 0 Å². The predicted octanol–water partition coefficient (Wildman–Crippen LogP) is 1.00. The molecule has 0 saturated carbocycles. The highest BCUT2D eigenvalue weighted by molar-refractivity contribution is 5.47. The average Bonchev–Trinajstić information content (AvgIpc) is 2.59. The van der Waals surface area contributed by atoms with Gasteiger partial charge in [-0.15, -0.1) is 0 Å². The van der Waals surface area contributed by atoms with Crippen LogP contribution in [0.1, 0.15) is 38.5 Å². The molecular weight excluding hydrogens is 276 g/mol. The van der Waals surface area contributed by atoms with Crippen LogP contribution in [0.15, 0.2) is 0 Å². The molecule has 0 spiro atoms. The van der Waals surface area contributed by atoms with Crippen LogP contribution >= 0.6 is 0 Å². The summed E-state index contributed by atoms with van der Waals surface area (Å²) < 4.78 is 0. The molecule has 0 bridgehead atoms. The molecule has 0 unspecified atom stereocenters. The number of amides is 1. The van der Waals surface area contributed by atoms with Gasteiger partial charge in [-0.25, -0.2) is 0 Å². The van der Waals surface area contributed by atoms with Gasteiger partial charge in [0.25, 0.3) is 0 Å². The standard InChI is InChI=1S/C17H34N4O/c1-19(17-6-8-18-9-7-17)10-4-2-3-5-11-20-12-14-21(16-22)15-13-20/h16-18H,2-15H2,1H3. The minimum atomic E-state index is 0.801. The van der Waals surface area contributed by atoms with Crippen molar-refractivity contribution >= 4 is 6.41 Å². The lowest BCUT2D eigenvalue weighted by atomic mass is 10.0. The summed E-state index contributed by atoms with van der Waals surface area (Å²) in [7, 11) is 2.29. The average molecular weight is 310 g/mol. The third kappa shape index (κ3) is 6.23. The monoisotopic (exact) mass is 310 g/mol. The molecule has 0 aromatic rings. The number of carbonyl (C=O) groups is 1. The summed E-state index contributed by atoms with van der Waals surface area (Å²) in [5, 5.41) is 3.44. The van der Waals surface area contributed by atoms with Gasteiger partial charge in [-0.2, -0.15) is 0 Å². The van der Waals surface area contributed by atoms with Crippen molar-refractivity contribution in [3.8, 4) is 0 Å². The van der Waals surface area contributed by atoms with Crippen molar-refractivity contribution in [3.63, 3.8) is 0 Å². The van der Waals surface area contributed by atoms with E-state index >= 15 is 0 Å². The van der Waals surface area contributed by atoms with Gasteiger partial charge in [-0.1, -0.05) is 12.8 Å². The lowest BCUT2D eigenvalue weighted by molar-refractivity contribution is -0.119. The van der Waals surface area contributed by atoms with Crippen LogP contribution in [0.4, 0.5) is 0 Å². The molecule has 2 saturated heterocycles. The fraction of sp³-hybridized carbons (Fsp3) is 0.941. The van der Waals surface area contributed by atoms with Gasteiger partial charge in [0.05, 0.1) is 0 Å². The van der Waals surface area contributed by atoms with Crippen LogP contribution in [0.5, 0.6) is 0 Å². The van der Waals surface area contributed by atoms with E-state index in [2.05, 4.69) is 22.2 Å². The minimum Gasteiger partial charge on any atom is -0.343 e. The molecule has 2 heterocycles. The van der Waals surface area contributed by atoms with E-state index in [1.807, 2.05) is 4.90 Å². The predicted molar refractivity (Wildman–Crippen MR) is 91.1 cm³/mol. The van der Waals surface area contributed by atoms with Crippen LogP contribution in [-0.4, -0.2) is 86.6 Å². The largest absolute Gasteiger partial charge is 0.343 e. The molecule has 22 heavy (non-hydrogen) atoms. The summed E-state index contributed by atoms with van der Waals surface area (Å²) in [6.07, 6.45) is 8.93. The lowest BCUT2D eigenvalue weighted by Crippen LogP contribution is -2.45. The van der Waals surface area contributed by atoms with Gasteiger partial charge < -0.3 is 15.1 Å². The zero-order chi connectivity index (χ0) is 15.6. The fourth-order valence-electron chi connectivity index (χ4n) is 3.57. The Labute approximate surface area is 136 Å². The number of unbranched alkanes of at least 4 members (excludes halogenated alkanes) is 3.